The second-order valence-corrected chi connectivity index (χ2v) is 10.4. The molecule has 7 heteroatoms. The summed E-state index contributed by atoms with van der Waals surface area (Å²) in [6.45, 7) is 5.87. The van der Waals surface area contributed by atoms with Crippen molar-refractivity contribution in [3.8, 4) is 0 Å². The standard InChI is InChI=1S/C21H28N2O4S/c1-14-6-7-17-16(11-27-21(17)15(14)2)10-20(24)22-18-12-28(25,26)13-19(18)23-8-4-3-5-9-23/h6-7,11,18-19H,3-5,8-10,12-13H2,1-2H3,(H,22,24)/t18-,19+/m1/s1. The Morgan fingerprint density at radius 1 is 1.18 bits per heavy atom. The Morgan fingerprint density at radius 2 is 1.93 bits per heavy atom. The van der Waals surface area contributed by atoms with Crippen LogP contribution in [0.3, 0.4) is 0 Å². The summed E-state index contributed by atoms with van der Waals surface area (Å²) in [5.41, 5.74) is 3.89. The van der Waals surface area contributed by atoms with Crippen molar-refractivity contribution in [2.24, 2.45) is 0 Å². The van der Waals surface area contributed by atoms with Crippen LogP contribution in [0.5, 0.6) is 0 Å². The molecule has 28 heavy (non-hydrogen) atoms. The lowest BCUT2D eigenvalue weighted by Gasteiger charge is -2.35. The summed E-state index contributed by atoms with van der Waals surface area (Å²) in [5, 5.41) is 3.96. The average Bonchev–Trinajstić information content (AvgIpc) is 3.19. The third-order valence-electron chi connectivity index (χ3n) is 6.22. The first-order valence-corrected chi connectivity index (χ1v) is 11.9. The number of piperidine rings is 1. The Balaban J connectivity index is 1.49. The number of hydrogen-bond acceptors (Lipinski definition) is 5. The molecule has 6 nitrogen and oxygen atoms in total. The van der Waals surface area contributed by atoms with E-state index in [4.69, 9.17) is 4.42 Å². The van der Waals surface area contributed by atoms with E-state index in [1.165, 1.54) is 6.42 Å². The van der Waals surface area contributed by atoms with E-state index in [-0.39, 0.29) is 35.9 Å². The molecule has 1 aromatic heterocycles. The second-order valence-electron chi connectivity index (χ2n) is 8.24. The van der Waals surface area contributed by atoms with Gasteiger partial charge in [-0.25, -0.2) is 8.42 Å². The van der Waals surface area contributed by atoms with E-state index in [9.17, 15) is 13.2 Å². The molecule has 0 radical (unpaired) electrons. The van der Waals surface area contributed by atoms with Gasteiger partial charge in [0.25, 0.3) is 0 Å². The smallest absolute Gasteiger partial charge is 0.224 e. The predicted molar refractivity (Wildman–Crippen MR) is 109 cm³/mol. The molecule has 2 fully saturated rings. The summed E-state index contributed by atoms with van der Waals surface area (Å²) in [7, 11) is -3.12. The number of nitrogens with zero attached hydrogens (tertiary/aromatic N) is 1. The van der Waals surface area contributed by atoms with Crippen LogP contribution in [0.15, 0.2) is 22.8 Å². The number of benzene rings is 1. The van der Waals surface area contributed by atoms with E-state index in [1.807, 2.05) is 26.0 Å². The monoisotopic (exact) mass is 404 g/mol. The van der Waals surface area contributed by atoms with Crippen molar-refractivity contribution >= 4 is 26.7 Å². The van der Waals surface area contributed by atoms with Crippen LogP contribution in [0.25, 0.3) is 11.0 Å². The average molecular weight is 405 g/mol. The molecule has 3 heterocycles. The Morgan fingerprint density at radius 3 is 2.68 bits per heavy atom. The topological polar surface area (TPSA) is 79.6 Å². The molecule has 1 aromatic carbocycles. The van der Waals surface area contributed by atoms with Gasteiger partial charge < -0.3 is 9.73 Å². The van der Waals surface area contributed by atoms with Gasteiger partial charge >= 0.3 is 0 Å². The second kappa shape index (κ2) is 7.52. The predicted octanol–water partition coefficient (Wildman–Crippen LogP) is 2.36. The zero-order valence-corrected chi connectivity index (χ0v) is 17.3. The number of likely N-dealkylation sites (tertiary alicyclic amines) is 1. The van der Waals surface area contributed by atoms with Crippen molar-refractivity contribution in [1.29, 1.82) is 0 Å². The normalized spacial score (nSPS) is 25.2. The third-order valence-corrected chi connectivity index (χ3v) is 7.94. The summed E-state index contributed by atoms with van der Waals surface area (Å²) < 4.78 is 30.2. The zero-order chi connectivity index (χ0) is 19.9. The van der Waals surface area contributed by atoms with Gasteiger partial charge in [0.15, 0.2) is 9.84 Å². The Hall–Kier alpha value is -1.86. The molecule has 1 amide bonds. The summed E-state index contributed by atoms with van der Waals surface area (Å²) in [4.78, 5) is 15.0. The van der Waals surface area contributed by atoms with Crippen LogP contribution in [0.2, 0.25) is 0 Å². The maximum absolute atomic E-state index is 12.7. The van der Waals surface area contributed by atoms with Gasteiger partial charge in [0, 0.05) is 17.0 Å². The molecule has 152 valence electrons. The van der Waals surface area contributed by atoms with E-state index < -0.39 is 9.84 Å². The molecule has 0 aliphatic carbocycles. The highest BCUT2D eigenvalue weighted by molar-refractivity contribution is 7.91. The first kappa shape index (κ1) is 19.5. The number of hydrogen-bond donors (Lipinski definition) is 1. The summed E-state index contributed by atoms with van der Waals surface area (Å²) >= 11 is 0. The fourth-order valence-corrected chi connectivity index (χ4v) is 6.49. The maximum atomic E-state index is 12.7. The van der Waals surface area contributed by atoms with Gasteiger partial charge in [-0.05, 0) is 50.9 Å². The van der Waals surface area contributed by atoms with Crippen LogP contribution >= 0.6 is 0 Å². The molecule has 2 aliphatic heterocycles. The van der Waals surface area contributed by atoms with Gasteiger partial charge in [0.2, 0.25) is 5.91 Å². The SMILES string of the molecule is Cc1ccc2c(CC(=O)N[C@@H]3CS(=O)(=O)C[C@@H]3N3CCCCC3)coc2c1C. The van der Waals surface area contributed by atoms with Crippen molar-refractivity contribution < 1.29 is 17.6 Å². The van der Waals surface area contributed by atoms with Crippen molar-refractivity contribution in [2.45, 2.75) is 51.6 Å². The minimum atomic E-state index is -3.12. The lowest BCUT2D eigenvalue weighted by molar-refractivity contribution is -0.121. The van der Waals surface area contributed by atoms with Crippen LogP contribution in [-0.4, -0.2) is 55.9 Å². The molecule has 1 N–H and O–H groups in total. The van der Waals surface area contributed by atoms with Crippen LogP contribution < -0.4 is 5.32 Å². The zero-order valence-electron chi connectivity index (χ0n) is 16.5. The van der Waals surface area contributed by atoms with Gasteiger partial charge in [-0.15, -0.1) is 0 Å². The van der Waals surface area contributed by atoms with Crippen molar-refractivity contribution in [1.82, 2.24) is 10.2 Å². The van der Waals surface area contributed by atoms with Gasteiger partial charge in [-0.1, -0.05) is 18.6 Å². The van der Waals surface area contributed by atoms with E-state index in [0.717, 1.165) is 53.6 Å². The fraction of sp³-hybridized carbons (Fsp3) is 0.571. The van der Waals surface area contributed by atoms with Crippen molar-refractivity contribution in [3.05, 3.63) is 35.1 Å². The Bertz CT molecular complexity index is 989. The van der Waals surface area contributed by atoms with E-state index in [1.54, 1.807) is 6.26 Å². The number of aryl methyl sites for hydroxylation is 2. The minimum Gasteiger partial charge on any atom is -0.464 e. The molecule has 2 atom stereocenters. The molecular weight excluding hydrogens is 376 g/mol. The van der Waals surface area contributed by atoms with E-state index in [0.29, 0.717) is 0 Å². The van der Waals surface area contributed by atoms with Crippen LogP contribution in [0, 0.1) is 13.8 Å². The third kappa shape index (κ3) is 3.82. The highest BCUT2D eigenvalue weighted by Crippen LogP contribution is 2.27. The van der Waals surface area contributed by atoms with Crippen molar-refractivity contribution in [2.75, 3.05) is 24.6 Å². The number of sulfone groups is 1. The first-order chi connectivity index (χ1) is 13.3. The number of carbonyl (C=O) groups excluding carboxylic acids is 1. The molecule has 2 aliphatic rings. The van der Waals surface area contributed by atoms with E-state index in [2.05, 4.69) is 10.2 Å². The number of rotatable bonds is 4. The molecule has 0 saturated carbocycles. The number of amides is 1. The van der Waals surface area contributed by atoms with Gasteiger partial charge in [0.1, 0.15) is 5.58 Å². The number of furan rings is 1. The van der Waals surface area contributed by atoms with Crippen LogP contribution in [-0.2, 0) is 21.1 Å². The van der Waals surface area contributed by atoms with Gasteiger partial charge in [-0.2, -0.15) is 0 Å². The van der Waals surface area contributed by atoms with Crippen molar-refractivity contribution in [3.63, 3.8) is 0 Å². The maximum Gasteiger partial charge on any atom is 0.224 e. The Kier molecular flexibility index (Phi) is 5.22. The quantitative estimate of drug-likeness (QED) is 0.846. The molecular formula is C21H28N2O4S. The first-order valence-electron chi connectivity index (χ1n) is 10.0. The number of carbonyl (C=O) groups is 1. The number of fused-ring (bicyclic) bond motifs is 1. The lowest BCUT2D eigenvalue weighted by Crippen LogP contribution is -2.52. The van der Waals surface area contributed by atoms with E-state index >= 15 is 0 Å². The highest BCUT2D eigenvalue weighted by Gasteiger charge is 2.41. The summed E-state index contributed by atoms with van der Waals surface area (Å²) in [6, 6.07) is 3.57. The molecule has 0 spiro atoms. The van der Waals surface area contributed by atoms with Gasteiger partial charge in [0.05, 0.1) is 30.2 Å². The highest BCUT2D eigenvalue weighted by atomic mass is 32.2. The van der Waals surface area contributed by atoms with Crippen LogP contribution in [0.1, 0.15) is 36.0 Å². The summed E-state index contributed by atoms with van der Waals surface area (Å²) in [5.74, 6) is 0.0279. The van der Waals surface area contributed by atoms with Crippen LogP contribution in [0.4, 0.5) is 0 Å². The minimum absolute atomic E-state index is 0.0321. The molecule has 0 bridgehead atoms. The molecule has 2 aromatic rings. The summed E-state index contributed by atoms with van der Waals surface area (Å²) in [6.07, 6.45) is 5.22. The number of nitrogens with one attached hydrogen (secondary N) is 1. The molecule has 2 saturated heterocycles. The Labute approximate surface area is 166 Å². The lowest BCUT2D eigenvalue weighted by atomic mass is 10.0. The van der Waals surface area contributed by atoms with Gasteiger partial charge in [-0.3, -0.25) is 9.69 Å². The molecule has 4 rings (SSSR count). The largest absolute Gasteiger partial charge is 0.464 e. The fourth-order valence-electron chi connectivity index (χ4n) is 4.53. The molecule has 0 unspecified atom stereocenters.